The largest absolute Gasteiger partial charge is 0.462 e. The van der Waals surface area contributed by atoms with Gasteiger partial charge in [0.1, 0.15) is 5.56 Å². The lowest BCUT2D eigenvalue weighted by Crippen LogP contribution is -2.41. The SMILES string of the molecule is CCOC(=O)c1c(S(=O)(=O)N2CCOCC2)nn(C)c1C. The van der Waals surface area contributed by atoms with E-state index in [9.17, 15) is 13.2 Å². The fourth-order valence-electron chi connectivity index (χ4n) is 2.11. The van der Waals surface area contributed by atoms with Crippen LogP contribution in [0.4, 0.5) is 0 Å². The van der Waals surface area contributed by atoms with Gasteiger partial charge in [0, 0.05) is 20.1 Å². The maximum Gasteiger partial charge on any atom is 0.343 e. The first kappa shape index (κ1) is 15.9. The van der Waals surface area contributed by atoms with Crippen LogP contribution >= 0.6 is 0 Å². The van der Waals surface area contributed by atoms with E-state index in [0.29, 0.717) is 18.9 Å². The molecule has 1 aliphatic rings. The molecule has 0 unspecified atom stereocenters. The summed E-state index contributed by atoms with van der Waals surface area (Å²) in [6, 6.07) is 0. The molecule has 0 N–H and O–H groups in total. The predicted molar refractivity (Wildman–Crippen MR) is 73.5 cm³/mol. The molecule has 1 aliphatic heterocycles. The van der Waals surface area contributed by atoms with Gasteiger partial charge in [-0.05, 0) is 13.8 Å². The molecule has 0 radical (unpaired) electrons. The van der Waals surface area contributed by atoms with Crippen molar-refractivity contribution in [3.8, 4) is 0 Å². The van der Waals surface area contributed by atoms with Crippen molar-refractivity contribution in [2.24, 2.45) is 7.05 Å². The molecule has 2 rings (SSSR count). The van der Waals surface area contributed by atoms with Crippen LogP contribution in [0.2, 0.25) is 0 Å². The number of carbonyl (C=O) groups excluding carboxylic acids is 1. The number of hydrogen-bond donors (Lipinski definition) is 0. The van der Waals surface area contributed by atoms with E-state index in [1.807, 2.05) is 0 Å². The van der Waals surface area contributed by atoms with E-state index < -0.39 is 16.0 Å². The Labute approximate surface area is 123 Å². The van der Waals surface area contributed by atoms with E-state index in [1.165, 1.54) is 8.99 Å². The molecule has 9 heteroatoms. The highest BCUT2D eigenvalue weighted by Gasteiger charge is 2.35. The molecular formula is C12H19N3O5S. The number of aryl methyl sites for hydroxylation is 1. The molecule has 8 nitrogen and oxygen atoms in total. The molecule has 0 saturated carbocycles. The van der Waals surface area contributed by atoms with Crippen LogP contribution in [0.25, 0.3) is 0 Å². The summed E-state index contributed by atoms with van der Waals surface area (Å²) < 4.78 is 38.1. The van der Waals surface area contributed by atoms with Crippen LogP contribution in [-0.4, -0.2) is 61.4 Å². The van der Waals surface area contributed by atoms with Crippen molar-refractivity contribution in [3.63, 3.8) is 0 Å². The third-order valence-corrected chi connectivity index (χ3v) is 5.16. The van der Waals surface area contributed by atoms with Crippen LogP contribution in [0.5, 0.6) is 0 Å². The van der Waals surface area contributed by atoms with Gasteiger partial charge in [0.05, 0.1) is 25.5 Å². The fourth-order valence-corrected chi connectivity index (χ4v) is 3.69. The van der Waals surface area contributed by atoms with Crippen LogP contribution in [-0.2, 0) is 26.5 Å². The standard InChI is InChI=1S/C12H19N3O5S/c1-4-20-12(16)10-9(2)14(3)13-11(10)21(17,18)15-5-7-19-8-6-15/h4-8H2,1-3H3. The Morgan fingerprint density at radius 3 is 2.57 bits per heavy atom. The average molecular weight is 317 g/mol. The van der Waals surface area contributed by atoms with E-state index in [2.05, 4.69) is 5.10 Å². The van der Waals surface area contributed by atoms with Gasteiger partial charge in [0.25, 0.3) is 10.0 Å². The Kier molecular flexibility index (Phi) is 4.64. The molecule has 21 heavy (non-hydrogen) atoms. The Hall–Kier alpha value is -1.45. The van der Waals surface area contributed by atoms with Gasteiger partial charge >= 0.3 is 5.97 Å². The van der Waals surface area contributed by atoms with Crippen LogP contribution in [0.3, 0.4) is 0 Å². The maximum atomic E-state index is 12.7. The van der Waals surface area contributed by atoms with E-state index in [4.69, 9.17) is 9.47 Å². The summed E-state index contributed by atoms with van der Waals surface area (Å²) in [5, 5.41) is 3.76. The summed E-state index contributed by atoms with van der Waals surface area (Å²) in [5.41, 5.74) is 0.464. The number of ether oxygens (including phenoxy) is 2. The Morgan fingerprint density at radius 2 is 2.00 bits per heavy atom. The lowest BCUT2D eigenvalue weighted by molar-refractivity contribution is 0.0520. The zero-order chi connectivity index (χ0) is 15.6. The zero-order valence-corrected chi connectivity index (χ0v) is 13.1. The zero-order valence-electron chi connectivity index (χ0n) is 12.3. The molecule has 1 aromatic rings. The number of esters is 1. The van der Waals surface area contributed by atoms with Crippen molar-refractivity contribution >= 4 is 16.0 Å². The van der Waals surface area contributed by atoms with Gasteiger partial charge in [-0.15, -0.1) is 0 Å². The molecule has 0 amide bonds. The minimum atomic E-state index is -3.84. The molecule has 0 aliphatic carbocycles. The van der Waals surface area contributed by atoms with Crippen LogP contribution in [0.15, 0.2) is 5.03 Å². The fraction of sp³-hybridized carbons (Fsp3) is 0.667. The van der Waals surface area contributed by atoms with Crippen molar-refractivity contribution in [2.45, 2.75) is 18.9 Å². The second kappa shape index (κ2) is 6.12. The second-order valence-electron chi connectivity index (χ2n) is 4.63. The maximum absolute atomic E-state index is 12.7. The van der Waals surface area contributed by atoms with Crippen LogP contribution in [0, 0.1) is 6.92 Å². The lowest BCUT2D eigenvalue weighted by Gasteiger charge is -2.25. The number of aromatic nitrogens is 2. The number of sulfonamides is 1. The number of nitrogens with zero attached hydrogens (tertiary/aromatic N) is 3. The van der Waals surface area contributed by atoms with Crippen LogP contribution in [0.1, 0.15) is 23.0 Å². The Morgan fingerprint density at radius 1 is 1.38 bits per heavy atom. The molecule has 1 fully saturated rings. The quantitative estimate of drug-likeness (QED) is 0.722. The summed E-state index contributed by atoms with van der Waals surface area (Å²) in [6.45, 7) is 4.64. The summed E-state index contributed by atoms with van der Waals surface area (Å²) >= 11 is 0. The molecule has 0 spiro atoms. The van der Waals surface area contributed by atoms with Gasteiger partial charge in [-0.2, -0.15) is 9.40 Å². The number of hydrogen-bond acceptors (Lipinski definition) is 6. The third-order valence-electron chi connectivity index (χ3n) is 3.34. The molecule has 118 valence electrons. The minimum absolute atomic E-state index is 0.00541. The average Bonchev–Trinajstić information content (AvgIpc) is 2.77. The lowest BCUT2D eigenvalue weighted by atomic mass is 10.3. The normalized spacial score (nSPS) is 16.9. The van der Waals surface area contributed by atoms with Crippen molar-refractivity contribution in [1.29, 1.82) is 0 Å². The molecular weight excluding hydrogens is 298 g/mol. The highest BCUT2D eigenvalue weighted by Crippen LogP contribution is 2.23. The van der Waals surface area contributed by atoms with Crippen LogP contribution < -0.4 is 0 Å². The molecule has 1 saturated heterocycles. The van der Waals surface area contributed by atoms with E-state index in [0.717, 1.165) is 0 Å². The first-order chi connectivity index (χ1) is 9.89. The highest BCUT2D eigenvalue weighted by molar-refractivity contribution is 7.89. The number of carbonyl (C=O) groups is 1. The number of rotatable bonds is 4. The summed E-state index contributed by atoms with van der Waals surface area (Å²) in [7, 11) is -2.24. The number of morpholine rings is 1. The highest BCUT2D eigenvalue weighted by atomic mass is 32.2. The van der Waals surface area contributed by atoms with Crippen molar-refractivity contribution in [3.05, 3.63) is 11.3 Å². The van der Waals surface area contributed by atoms with Crippen molar-refractivity contribution < 1.29 is 22.7 Å². The smallest absolute Gasteiger partial charge is 0.343 e. The molecule has 0 atom stereocenters. The minimum Gasteiger partial charge on any atom is -0.462 e. The molecule has 2 heterocycles. The van der Waals surface area contributed by atoms with Gasteiger partial charge < -0.3 is 9.47 Å². The second-order valence-corrected chi connectivity index (χ2v) is 6.48. The van der Waals surface area contributed by atoms with E-state index in [1.54, 1.807) is 20.9 Å². The van der Waals surface area contributed by atoms with Gasteiger partial charge in [0.2, 0.25) is 5.03 Å². The Balaban J connectivity index is 2.47. The summed E-state index contributed by atoms with van der Waals surface area (Å²) in [6.07, 6.45) is 0. The van der Waals surface area contributed by atoms with E-state index >= 15 is 0 Å². The van der Waals surface area contributed by atoms with Crippen molar-refractivity contribution in [2.75, 3.05) is 32.9 Å². The third kappa shape index (κ3) is 2.94. The molecule has 1 aromatic heterocycles. The van der Waals surface area contributed by atoms with Crippen molar-refractivity contribution in [1.82, 2.24) is 14.1 Å². The van der Waals surface area contributed by atoms with Gasteiger partial charge in [-0.25, -0.2) is 13.2 Å². The summed E-state index contributed by atoms with van der Waals surface area (Å²) in [4.78, 5) is 12.0. The van der Waals surface area contributed by atoms with E-state index in [-0.39, 0.29) is 30.3 Å². The first-order valence-electron chi connectivity index (χ1n) is 6.68. The van der Waals surface area contributed by atoms with Gasteiger partial charge in [-0.3, -0.25) is 4.68 Å². The Bertz CT molecular complexity index is 632. The monoisotopic (exact) mass is 317 g/mol. The summed E-state index contributed by atoms with van der Waals surface area (Å²) in [5.74, 6) is -0.671. The molecule has 0 aromatic carbocycles. The van der Waals surface area contributed by atoms with Gasteiger partial charge in [0.15, 0.2) is 0 Å². The molecule has 0 bridgehead atoms. The topological polar surface area (TPSA) is 90.7 Å². The predicted octanol–water partition coefficient (Wildman–Crippen LogP) is -0.0739. The first-order valence-corrected chi connectivity index (χ1v) is 8.12. The van der Waals surface area contributed by atoms with Gasteiger partial charge in [-0.1, -0.05) is 0 Å².